The van der Waals surface area contributed by atoms with E-state index >= 15 is 0 Å². The maximum atomic E-state index is 13.3. The fourth-order valence-electron chi connectivity index (χ4n) is 3.61. The first-order valence-corrected chi connectivity index (χ1v) is 11.4. The third kappa shape index (κ3) is 5.79. The lowest BCUT2D eigenvalue weighted by molar-refractivity contribution is -0.126. The van der Waals surface area contributed by atoms with E-state index in [1.165, 1.54) is 41.3 Å². The maximum absolute atomic E-state index is 13.3. The first kappa shape index (κ1) is 23.4. The summed E-state index contributed by atoms with van der Waals surface area (Å²) < 4.78 is 26.3. The number of amides is 3. The summed E-state index contributed by atoms with van der Waals surface area (Å²) in [6.45, 7) is 0.873. The minimum Gasteiger partial charge on any atom is -0.352 e. The quantitative estimate of drug-likeness (QED) is 0.558. The number of anilines is 1. The topological polar surface area (TPSA) is 104 Å². The molecule has 0 unspecified atom stereocenters. The third-order valence-corrected chi connectivity index (χ3v) is 6.25. The standard InChI is InChI=1S/C23H21F2N5O3S/c24-16-6-8-18(9-7-16)27-20(32)21-28-29-22(34-21)23(33)30-10-2-4-15(13-30)19(31)26-12-14-3-1-5-17(25)11-14/h1,3,5-9,11,15H,2,4,10,12-13H2,(H,26,31)(H,27,32)/t15-/m0/s1. The third-order valence-electron chi connectivity index (χ3n) is 5.34. The number of nitrogens with one attached hydrogen (secondary N) is 2. The van der Waals surface area contributed by atoms with Gasteiger partial charge in [0, 0.05) is 25.3 Å². The van der Waals surface area contributed by atoms with Crippen LogP contribution in [-0.2, 0) is 11.3 Å². The van der Waals surface area contributed by atoms with Crippen LogP contribution >= 0.6 is 11.3 Å². The molecule has 1 aromatic heterocycles. The summed E-state index contributed by atoms with van der Waals surface area (Å²) in [6, 6.07) is 11.2. The number of aromatic nitrogens is 2. The molecular weight excluding hydrogens is 464 g/mol. The summed E-state index contributed by atoms with van der Waals surface area (Å²) in [4.78, 5) is 39.4. The molecule has 1 aliphatic rings. The molecule has 3 amide bonds. The van der Waals surface area contributed by atoms with Crippen LogP contribution in [0.3, 0.4) is 0 Å². The van der Waals surface area contributed by atoms with E-state index in [2.05, 4.69) is 20.8 Å². The Hall–Kier alpha value is -3.73. The second-order valence-corrected chi connectivity index (χ2v) is 8.79. The molecule has 2 aromatic carbocycles. The molecule has 0 saturated carbocycles. The monoisotopic (exact) mass is 485 g/mol. The van der Waals surface area contributed by atoms with E-state index in [0.717, 1.165) is 11.3 Å². The van der Waals surface area contributed by atoms with Gasteiger partial charge in [-0.15, -0.1) is 10.2 Å². The Kier molecular flexibility index (Phi) is 7.21. The Morgan fingerprint density at radius 2 is 1.79 bits per heavy atom. The minimum atomic E-state index is -0.559. The molecule has 176 valence electrons. The van der Waals surface area contributed by atoms with Gasteiger partial charge in [0.25, 0.3) is 11.8 Å². The molecular formula is C23H21F2N5O3S. The van der Waals surface area contributed by atoms with E-state index < -0.39 is 23.5 Å². The van der Waals surface area contributed by atoms with E-state index in [0.29, 0.717) is 30.6 Å². The molecule has 0 aliphatic carbocycles. The fourth-order valence-corrected chi connectivity index (χ4v) is 4.32. The molecule has 34 heavy (non-hydrogen) atoms. The predicted octanol–water partition coefficient (Wildman–Crippen LogP) is 3.24. The Morgan fingerprint density at radius 3 is 2.56 bits per heavy atom. The van der Waals surface area contributed by atoms with E-state index in [9.17, 15) is 23.2 Å². The number of carbonyl (C=O) groups is 3. The molecule has 4 rings (SSSR count). The van der Waals surface area contributed by atoms with Gasteiger partial charge in [0.1, 0.15) is 11.6 Å². The molecule has 1 aliphatic heterocycles. The van der Waals surface area contributed by atoms with Crippen molar-refractivity contribution in [1.29, 1.82) is 0 Å². The lowest BCUT2D eigenvalue weighted by Gasteiger charge is -2.31. The van der Waals surface area contributed by atoms with Crippen molar-refractivity contribution in [1.82, 2.24) is 20.4 Å². The molecule has 0 radical (unpaired) electrons. The van der Waals surface area contributed by atoms with Crippen molar-refractivity contribution in [2.24, 2.45) is 5.92 Å². The van der Waals surface area contributed by atoms with Crippen molar-refractivity contribution >= 4 is 34.7 Å². The van der Waals surface area contributed by atoms with Gasteiger partial charge in [-0.2, -0.15) is 0 Å². The van der Waals surface area contributed by atoms with Crippen LogP contribution in [0.2, 0.25) is 0 Å². The number of benzene rings is 2. The zero-order chi connectivity index (χ0) is 24.1. The number of carbonyl (C=O) groups excluding carboxylic acids is 3. The predicted molar refractivity (Wildman–Crippen MR) is 121 cm³/mol. The molecule has 1 saturated heterocycles. The van der Waals surface area contributed by atoms with Crippen LogP contribution in [0.1, 0.15) is 38.0 Å². The van der Waals surface area contributed by atoms with Gasteiger partial charge in [-0.1, -0.05) is 23.5 Å². The highest BCUT2D eigenvalue weighted by Gasteiger charge is 2.30. The maximum Gasteiger partial charge on any atom is 0.286 e. The zero-order valence-corrected chi connectivity index (χ0v) is 18.8. The Morgan fingerprint density at radius 1 is 1.03 bits per heavy atom. The van der Waals surface area contributed by atoms with Crippen LogP contribution in [0.15, 0.2) is 48.5 Å². The normalized spacial score (nSPS) is 15.6. The zero-order valence-electron chi connectivity index (χ0n) is 18.0. The summed E-state index contributed by atoms with van der Waals surface area (Å²) in [7, 11) is 0. The molecule has 0 bridgehead atoms. The summed E-state index contributed by atoms with van der Waals surface area (Å²) in [5, 5.41) is 13.0. The van der Waals surface area contributed by atoms with Gasteiger partial charge in [-0.3, -0.25) is 14.4 Å². The molecule has 0 spiro atoms. The number of hydrogen-bond donors (Lipinski definition) is 2. The average molecular weight is 486 g/mol. The summed E-state index contributed by atoms with van der Waals surface area (Å²) in [6.07, 6.45) is 1.26. The van der Waals surface area contributed by atoms with Gasteiger partial charge >= 0.3 is 0 Å². The molecule has 2 heterocycles. The molecule has 2 N–H and O–H groups in total. The molecule has 11 heteroatoms. The highest BCUT2D eigenvalue weighted by Crippen LogP contribution is 2.21. The Balaban J connectivity index is 1.33. The average Bonchev–Trinajstić information content (AvgIpc) is 3.34. The van der Waals surface area contributed by atoms with Crippen LogP contribution in [0.25, 0.3) is 0 Å². The van der Waals surface area contributed by atoms with Crippen molar-refractivity contribution in [3.8, 4) is 0 Å². The number of nitrogens with zero attached hydrogens (tertiary/aromatic N) is 3. The number of piperidine rings is 1. The van der Waals surface area contributed by atoms with Crippen LogP contribution in [-0.4, -0.2) is 45.9 Å². The van der Waals surface area contributed by atoms with Gasteiger partial charge in [-0.05, 0) is 54.8 Å². The lowest BCUT2D eigenvalue weighted by Crippen LogP contribution is -2.45. The van der Waals surface area contributed by atoms with Crippen LogP contribution in [0.4, 0.5) is 14.5 Å². The van der Waals surface area contributed by atoms with E-state index in [-0.39, 0.29) is 34.8 Å². The minimum absolute atomic E-state index is 0.00549. The van der Waals surface area contributed by atoms with Crippen LogP contribution in [0, 0.1) is 17.6 Å². The SMILES string of the molecule is O=C(Nc1ccc(F)cc1)c1nnc(C(=O)N2CCC[C@H](C(=O)NCc3cccc(F)c3)C2)s1. The Bertz CT molecular complexity index is 1200. The van der Waals surface area contributed by atoms with Crippen molar-refractivity contribution in [2.75, 3.05) is 18.4 Å². The van der Waals surface area contributed by atoms with Crippen LogP contribution < -0.4 is 10.6 Å². The second-order valence-electron chi connectivity index (χ2n) is 7.81. The summed E-state index contributed by atoms with van der Waals surface area (Å²) in [5.74, 6) is -2.37. The van der Waals surface area contributed by atoms with Gasteiger partial charge in [0.05, 0.1) is 5.92 Å². The van der Waals surface area contributed by atoms with E-state index in [1.807, 2.05) is 0 Å². The molecule has 3 aromatic rings. The first-order chi connectivity index (χ1) is 16.4. The summed E-state index contributed by atoms with van der Waals surface area (Å²) in [5.41, 5.74) is 1.04. The first-order valence-electron chi connectivity index (χ1n) is 10.6. The molecule has 1 fully saturated rings. The largest absolute Gasteiger partial charge is 0.352 e. The lowest BCUT2D eigenvalue weighted by atomic mass is 9.97. The van der Waals surface area contributed by atoms with E-state index in [1.54, 1.807) is 12.1 Å². The molecule has 1 atom stereocenters. The van der Waals surface area contributed by atoms with Gasteiger partial charge in [0.2, 0.25) is 15.9 Å². The number of hydrogen-bond acceptors (Lipinski definition) is 6. The van der Waals surface area contributed by atoms with Crippen molar-refractivity contribution in [3.63, 3.8) is 0 Å². The number of rotatable bonds is 6. The smallest absolute Gasteiger partial charge is 0.286 e. The van der Waals surface area contributed by atoms with Gasteiger partial charge < -0.3 is 15.5 Å². The Labute approximate surface area is 198 Å². The number of likely N-dealkylation sites (tertiary alicyclic amines) is 1. The highest BCUT2D eigenvalue weighted by molar-refractivity contribution is 7.15. The van der Waals surface area contributed by atoms with Gasteiger partial charge in [-0.25, -0.2) is 8.78 Å². The van der Waals surface area contributed by atoms with Crippen LogP contribution in [0.5, 0.6) is 0 Å². The van der Waals surface area contributed by atoms with Crippen molar-refractivity contribution in [3.05, 3.63) is 75.7 Å². The van der Waals surface area contributed by atoms with E-state index in [4.69, 9.17) is 0 Å². The number of halogens is 2. The second kappa shape index (κ2) is 10.5. The van der Waals surface area contributed by atoms with Crippen molar-refractivity contribution < 1.29 is 23.2 Å². The highest BCUT2D eigenvalue weighted by atomic mass is 32.1. The summed E-state index contributed by atoms with van der Waals surface area (Å²) >= 11 is 0.848. The van der Waals surface area contributed by atoms with Crippen molar-refractivity contribution in [2.45, 2.75) is 19.4 Å². The van der Waals surface area contributed by atoms with Gasteiger partial charge in [0.15, 0.2) is 0 Å². The fraction of sp³-hybridized carbons (Fsp3) is 0.261. The molecule has 8 nitrogen and oxygen atoms in total.